The van der Waals surface area contributed by atoms with Gasteiger partial charge in [0.25, 0.3) is 5.91 Å². The SMILES string of the molecule is O=C(CSc1ncccc1Cl)Nc1ccccc1C(=O)Nc1ccccc1. The van der Waals surface area contributed by atoms with E-state index in [0.29, 0.717) is 27.0 Å². The number of para-hydroxylation sites is 2. The van der Waals surface area contributed by atoms with Gasteiger partial charge < -0.3 is 10.6 Å². The number of rotatable bonds is 6. The Morgan fingerprint density at radius 2 is 1.67 bits per heavy atom. The summed E-state index contributed by atoms with van der Waals surface area (Å²) < 4.78 is 0. The van der Waals surface area contributed by atoms with Crippen LogP contribution in [0.25, 0.3) is 0 Å². The highest BCUT2D eigenvalue weighted by atomic mass is 35.5. The van der Waals surface area contributed by atoms with E-state index in [1.54, 1.807) is 54.7 Å². The number of nitrogens with one attached hydrogen (secondary N) is 2. The number of hydrogen-bond donors (Lipinski definition) is 2. The third kappa shape index (κ3) is 5.32. The van der Waals surface area contributed by atoms with Gasteiger partial charge in [0.05, 0.1) is 22.0 Å². The Bertz CT molecular complexity index is 951. The molecule has 0 fully saturated rings. The van der Waals surface area contributed by atoms with Gasteiger partial charge in [-0.1, -0.05) is 53.7 Å². The molecule has 0 bridgehead atoms. The molecule has 2 amide bonds. The topological polar surface area (TPSA) is 71.1 Å². The Kier molecular flexibility index (Phi) is 6.46. The number of nitrogens with zero attached hydrogens (tertiary/aromatic N) is 1. The lowest BCUT2D eigenvalue weighted by atomic mass is 10.1. The minimum Gasteiger partial charge on any atom is -0.325 e. The predicted molar refractivity (Wildman–Crippen MR) is 109 cm³/mol. The van der Waals surface area contributed by atoms with Gasteiger partial charge in [-0.3, -0.25) is 9.59 Å². The Labute approximate surface area is 166 Å². The van der Waals surface area contributed by atoms with E-state index in [4.69, 9.17) is 11.6 Å². The third-order valence-electron chi connectivity index (χ3n) is 3.54. The minimum atomic E-state index is -0.294. The summed E-state index contributed by atoms with van der Waals surface area (Å²) in [6, 6.07) is 19.5. The molecule has 2 aromatic carbocycles. The van der Waals surface area contributed by atoms with Crippen LogP contribution in [0.4, 0.5) is 11.4 Å². The lowest BCUT2D eigenvalue weighted by Gasteiger charge is -2.11. The van der Waals surface area contributed by atoms with E-state index in [-0.39, 0.29) is 17.6 Å². The molecule has 3 rings (SSSR count). The molecule has 0 saturated carbocycles. The fourth-order valence-corrected chi connectivity index (χ4v) is 3.27. The second kappa shape index (κ2) is 9.21. The van der Waals surface area contributed by atoms with E-state index in [0.717, 1.165) is 0 Å². The van der Waals surface area contributed by atoms with Crippen LogP contribution in [0.3, 0.4) is 0 Å². The van der Waals surface area contributed by atoms with Crippen molar-refractivity contribution in [2.45, 2.75) is 5.03 Å². The average molecular weight is 398 g/mol. The van der Waals surface area contributed by atoms with Crippen molar-refractivity contribution in [3.05, 3.63) is 83.5 Å². The van der Waals surface area contributed by atoms with Crippen molar-refractivity contribution in [1.29, 1.82) is 0 Å². The average Bonchev–Trinajstić information content (AvgIpc) is 2.68. The van der Waals surface area contributed by atoms with E-state index >= 15 is 0 Å². The van der Waals surface area contributed by atoms with Gasteiger partial charge in [-0.05, 0) is 36.4 Å². The number of amides is 2. The van der Waals surface area contributed by atoms with Crippen molar-refractivity contribution < 1.29 is 9.59 Å². The number of anilines is 2. The molecule has 7 heteroatoms. The molecule has 0 spiro atoms. The van der Waals surface area contributed by atoms with E-state index in [1.807, 2.05) is 18.2 Å². The molecule has 0 radical (unpaired) electrons. The summed E-state index contributed by atoms with van der Waals surface area (Å²) in [5.74, 6) is -0.412. The van der Waals surface area contributed by atoms with Crippen LogP contribution in [0.1, 0.15) is 10.4 Å². The zero-order valence-corrected chi connectivity index (χ0v) is 15.8. The summed E-state index contributed by atoms with van der Waals surface area (Å²) in [7, 11) is 0. The van der Waals surface area contributed by atoms with E-state index in [9.17, 15) is 9.59 Å². The zero-order chi connectivity index (χ0) is 19.1. The Balaban J connectivity index is 1.66. The van der Waals surface area contributed by atoms with Crippen molar-refractivity contribution in [3.8, 4) is 0 Å². The summed E-state index contributed by atoms with van der Waals surface area (Å²) in [6.45, 7) is 0. The maximum atomic E-state index is 12.5. The van der Waals surface area contributed by atoms with Crippen LogP contribution >= 0.6 is 23.4 Å². The van der Waals surface area contributed by atoms with Crippen LogP contribution in [0, 0.1) is 0 Å². The van der Waals surface area contributed by atoms with Crippen molar-refractivity contribution in [1.82, 2.24) is 4.98 Å². The first-order valence-electron chi connectivity index (χ1n) is 8.12. The van der Waals surface area contributed by atoms with Gasteiger partial charge >= 0.3 is 0 Å². The van der Waals surface area contributed by atoms with Gasteiger partial charge in [0.2, 0.25) is 5.91 Å². The Morgan fingerprint density at radius 1 is 0.926 bits per heavy atom. The molecule has 136 valence electrons. The van der Waals surface area contributed by atoms with Gasteiger partial charge in [0.1, 0.15) is 5.03 Å². The van der Waals surface area contributed by atoms with Crippen LogP contribution in [0.2, 0.25) is 5.02 Å². The number of carbonyl (C=O) groups is 2. The lowest BCUT2D eigenvalue weighted by molar-refractivity contribution is -0.113. The first kappa shape index (κ1) is 18.9. The van der Waals surface area contributed by atoms with Crippen LogP contribution in [-0.2, 0) is 4.79 Å². The lowest BCUT2D eigenvalue weighted by Crippen LogP contribution is -2.19. The number of thioether (sulfide) groups is 1. The van der Waals surface area contributed by atoms with Crippen molar-refractivity contribution >= 4 is 46.6 Å². The fraction of sp³-hybridized carbons (Fsp3) is 0.0500. The van der Waals surface area contributed by atoms with Crippen molar-refractivity contribution in [3.63, 3.8) is 0 Å². The molecular weight excluding hydrogens is 382 g/mol. The van der Waals surface area contributed by atoms with Crippen molar-refractivity contribution in [2.75, 3.05) is 16.4 Å². The molecule has 0 saturated heterocycles. The number of halogens is 1. The minimum absolute atomic E-state index is 0.130. The predicted octanol–water partition coefficient (Wildman–Crippen LogP) is 4.72. The van der Waals surface area contributed by atoms with Crippen LogP contribution in [-0.4, -0.2) is 22.6 Å². The van der Waals surface area contributed by atoms with Gasteiger partial charge in [-0.2, -0.15) is 0 Å². The van der Waals surface area contributed by atoms with E-state index in [1.165, 1.54) is 11.8 Å². The highest BCUT2D eigenvalue weighted by Crippen LogP contribution is 2.24. The molecule has 0 aliphatic rings. The Hall–Kier alpha value is -2.83. The van der Waals surface area contributed by atoms with Gasteiger partial charge in [-0.15, -0.1) is 0 Å². The van der Waals surface area contributed by atoms with E-state index < -0.39 is 0 Å². The quantitative estimate of drug-likeness (QED) is 0.590. The molecule has 0 aliphatic heterocycles. The third-order valence-corrected chi connectivity index (χ3v) is 4.96. The summed E-state index contributed by atoms with van der Waals surface area (Å²) >= 11 is 7.28. The molecule has 3 aromatic rings. The fourth-order valence-electron chi connectivity index (χ4n) is 2.31. The smallest absolute Gasteiger partial charge is 0.257 e. The zero-order valence-electron chi connectivity index (χ0n) is 14.2. The molecule has 1 aromatic heterocycles. The summed E-state index contributed by atoms with van der Waals surface area (Å²) in [5.41, 5.74) is 1.52. The van der Waals surface area contributed by atoms with Crippen LogP contribution < -0.4 is 10.6 Å². The normalized spacial score (nSPS) is 10.3. The molecule has 27 heavy (non-hydrogen) atoms. The molecule has 0 unspecified atom stereocenters. The number of aromatic nitrogens is 1. The molecule has 0 atom stereocenters. The van der Waals surface area contributed by atoms with Crippen LogP contribution in [0.5, 0.6) is 0 Å². The first-order valence-corrected chi connectivity index (χ1v) is 9.48. The summed E-state index contributed by atoms with van der Waals surface area (Å²) in [4.78, 5) is 29.0. The first-order chi connectivity index (χ1) is 13.1. The van der Waals surface area contributed by atoms with Crippen molar-refractivity contribution in [2.24, 2.45) is 0 Å². The number of benzene rings is 2. The Morgan fingerprint density at radius 3 is 2.44 bits per heavy atom. The number of carbonyl (C=O) groups excluding carboxylic acids is 2. The maximum Gasteiger partial charge on any atom is 0.257 e. The second-order valence-corrected chi connectivity index (χ2v) is 6.86. The van der Waals surface area contributed by atoms with E-state index in [2.05, 4.69) is 15.6 Å². The molecule has 0 aliphatic carbocycles. The molecule has 1 heterocycles. The van der Waals surface area contributed by atoms with Gasteiger partial charge in [0, 0.05) is 11.9 Å². The number of pyridine rings is 1. The highest BCUT2D eigenvalue weighted by molar-refractivity contribution is 8.00. The van der Waals surface area contributed by atoms with Gasteiger partial charge in [0.15, 0.2) is 0 Å². The van der Waals surface area contributed by atoms with Gasteiger partial charge in [-0.25, -0.2) is 4.98 Å². The largest absolute Gasteiger partial charge is 0.325 e. The highest BCUT2D eigenvalue weighted by Gasteiger charge is 2.14. The summed E-state index contributed by atoms with van der Waals surface area (Å²) in [5, 5.41) is 6.68. The summed E-state index contributed by atoms with van der Waals surface area (Å²) in [6.07, 6.45) is 1.62. The maximum absolute atomic E-state index is 12.5. The second-order valence-electron chi connectivity index (χ2n) is 5.49. The molecule has 5 nitrogen and oxygen atoms in total. The number of hydrogen-bond acceptors (Lipinski definition) is 4. The molecule has 2 N–H and O–H groups in total. The van der Waals surface area contributed by atoms with Crippen LogP contribution in [0.15, 0.2) is 78.0 Å². The standard InChI is InChI=1S/C20H16ClN3O2S/c21-16-10-6-12-22-20(16)27-13-18(25)24-17-11-5-4-9-15(17)19(26)23-14-7-2-1-3-8-14/h1-12H,13H2,(H,23,26)(H,24,25). The monoisotopic (exact) mass is 397 g/mol. The molecular formula is C20H16ClN3O2S.